The van der Waals surface area contributed by atoms with Gasteiger partial charge in [0.15, 0.2) is 0 Å². The third-order valence-electron chi connectivity index (χ3n) is 6.02. The second-order valence-electron chi connectivity index (χ2n) is 7.37. The quantitative estimate of drug-likeness (QED) is 0.896. The first-order valence-electron chi connectivity index (χ1n) is 8.38. The molecule has 1 heterocycles. The maximum Gasteiger partial charge on any atom is 0.223 e. The molecule has 0 bridgehead atoms. The number of benzene rings is 1. The summed E-state index contributed by atoms with van der Waals surface area (Å²) in [4.78, 5) is 12.4. The molecular formula is C18H23FN2O. The largest absolute Gasteiger partial charge is 0.355 e. The van der Waals surface area contributed by atoms with E-state index in [-0.39, 0.29) is 23.1 Å². The fraction of sp³-hybridized carbons (Fsp3) is 0.611. The van der Waals surface area contributed by atoms with Gasteiger partial charge in [-0.2, -0.15) is 0 Å². The number of carbonyl (C=O) groups excluding carboxylic acids is 1. The SMILES string of the molecule is O=C(NCC1(c2ccc(F)cc2)CC1)C1CC12CCNCC2. The Morgan fingerprint density at radius 3 is 2.50 bits per heavy atom. The van der Waals surface area contributed by atoms with E-state index in [2.05, 4.69) is 10.6 Å². The molecule has 1 aliphatic heterocycles. The lowest BCUT2D eigenvalue weighted by molar-refractivity contribution is -0.123. The van der Waals surface area contributed by atoms with Crippen LogP contribution in [-0.4, -0.2) is 25.5 Å². The monoisotopic (exact) mass is 302 g/mol. The van der Waals surface area contributed by atoms with Crippen molar-refractivity contribution in [3.05, 3.63) is 35.6 Å². The van der Waals surface area contributed by atoms with E-state index in [9.17, 15) is 9.18 Å². The predicted octanol–water partition coefficient (Wildman–Crippen LogP) is 2.36. The van der Waals surface area contributed by atoms with Gasteiger partial charge < -0.3 is 10.6 Å². The molecule has 2 N–H and O–H groups in total. The van der Waals surface area contributed by atoms with Crippen molar-refractivity contribution in [2.24, 2.45) is 11.3 Å². The minimum atomic E-state index is -0.200. The average molecular weight is 302 g/mol. The van der Waals surface area contributed by atoms with Crippen LogP contribution in [0.2, 0.25) is 0 Å². The maximum absolute atomic E-state index is 13.1. The lowest BCUT2D eigenvalue weighted by Crippen LogP contribution is -2.36. The van der Waals surface area contributed by atoms with Crippen LogP contribution in [0, 0.1) is 17.2 Å². The highest BCUT2D eigenvalue weighted by Gasteiger charge is 2.58. The summed E-state index contributed by atoms with van der Waals surface area (Å²) in [6.07, 6.45) is 5.49. The molecule has 3 nitrogen and oxygen atoms in total. The lowest BCUT2D eigenvalue weighted by atomic mass is 9.91. The Bertz CT molecular complexity index is 573. The van der Waals surface area contributed by atoms with Crippen molar-refractivity contribution in [1.82, 2.24) is 10.6 Å². The van der Waals surface area contributed by atoms with Crippen LogP contribution in [0.15, 0.2) is 24.3 Å². The zero-order chi connectivity index (χ0) is 15.2. The summed E-state index contributed by atoms with van der Waals surface area (Å²) in [7, 11) is 0. The van der Waals surface area contributed by atoms with E-state index in [1.165, 1.54) is 12.1 Å². The van der Waals surface area contributed by atoms with Gasteiger partial charge in [0.05, 0.1) is 0 Å². The van der Waals surface area contributed by atoms with Crippen molar-refractivity contribution in [2.45, 2.75) is 37.5 Å². The van der Waals surface area contributed by atoms with Gasteiger partial charge in [-0.3, -0.25) is 4.79 Å². The van der Waals surface area contributed by atoms with Crippen LogP contribution >= 0.6 is 0 Å². The first kappa shape index (κ1) is 14.2. The molecule has 3 aliphatic rings. The predicted molar refractivity (Wildman–Crippen MR) is 83.0 cm³/mol. The number of hydrogen-bond donors (Lipinski definition) is 2. The fourth-order valence-corrected chi connectivity index (χ4v) is 4.10. The Hall–Kier alpha value is -1.42. The first-order valence-corrected chi connectivity index (χ1v) is 8.38. The number of rotatable bonds is 4. The minimum Gasteiger partial charge on any atom is -0.355 e. The molecule has 1 unspecified atom stereocenters. The molecular weight excluding hydrogens is 279 g/mol. The molecule has 1 atom stereocenters. The van der Waals surface area contributed by atoms with Crippen LogP contribution in [0.4, 0.5) is 4.39 Å². The van der Waals surface area contributed by atoms with Gasteiger partial charge in [-0.1, -0.05) is 12.1 Å². The Morgan fingerprint density at radius 2 is 1.86 bits per heavy atom. The Kier molecular flexibility index (Phi) is 3.26. The van der Waals surface area contributed by atoms with Crippen LogP contribution in [0.5, 0.6) is 0 Å². The number of nitrogens with one attached hydrogen (secondary N) is 2. The standard InChI is InChI=1S/C18H23FN2O/c19-14-3-1-13(2-4-14)18(5-6-18)12-21-16(22)15-11-17(15)7-9-20-10-8-17/h1-4,15,20H,5-12H2,(H,21,22). The molecule has 22 heavy (non-hydrogen) atoms. The number of halogens is 1. The molecule has 2 aliphatic carbocycles. The summed E-state index contributed by atoms with van der Waals surface area (Å²) >= 11 is 0. The molecule has 4 heteroatoms. The lowest BCUT2D eigenvalue weighted by Gasteiger charge is -2.23. The fourth-order valence-electron chi connectivity index (χ4n) is 4.10. The molecule has 1 aromatic carbocycles. The highest BCUT2D eigenvalue weighted by atomic mass is 19.1. The van der Waals surface area contributed by atoms with Crippen molar-refractivity contribution >= 4 is 5.91 Å². The van der Waals surface area contributed by atoms with Gasteiger partial charge in [-0.05, 0) is 68.3 Å². The third kappa shape index (κ3) is 2.43. The van der Waals surface area contributed by atoms with E-state index < -0.39 is 0 Å². The van der Waals surface area contributed by atoms with Gasteiger partial charge in [-0.25, -0.2) is 4.39 Å². The summed E-state index contributed by atoms with van der Waals surface area (Å²) < 4.78 is 13.1. The molecule has 3 fully saturated rings. The summed E-state index contributed by atoms with van der Waals surface area (Å²) in [6, 6.07) is 6.75. The van der Waals surface area contributed by atoms with E-state index in [4.69, 9.17) is 0 Å². The van der Waals surface area contributed by atoms with Gasteiger partial charge in [0, 0.05) is 17.9 Å². The van der Waals surface area contributed by atoms with Crippen LogP contribution in [0.25, 0.3) is 0 Å². The van der Waals surface area contributed by atoms with Crippen LogP contribution in [0.1, 0.15) is 37.7 Å². The molecule has 4 rings (SSSR count). The highest BCUT2D eigenvalue weighted by Crippen LogP contribution is 2.58. The van der Waals surface area contributed by atoms with E-state index >= 15 is 0 Å². The Balaban J connectivity index is 1.35. The minimum absolute atomic E-state index is 0.0551. The number of hydrogen-bond acceptors (Lipinski definition) is 2. The summed E-state index contributed by atoms with van der Waals surface area (Å²) in [6.45, 7) is 2.79. The van der Waals surface area contributed by atoms with Crippen molar-refractivity contribution in [2.75, 3.05) is 19.6 Å². The van der Waals surface area contributed by atoms with Gasteiger partial charge in [0.2, 0.25) is 5.91 Å². The Morgan fingerprint density at radius 1 is 1.18 bits per heavy atom. The normalized spacial score (nSPS) is 27.4. The van der Waals surface area contributed by atoms with Crippen molar-refractivity contribution in [3.8, 4) is 0 Å². The molecule has 1 spiro atoms. The number of piperidine rings is 1. The first-order chi connectivity index (χ1) is 10.6. The number of carbonyl (C=O) groups is 1. The zero-order valence-electron chi connectivity index (χ0n) is 12.8. The molecule has 1 saturated heterocycles. The van der Waals surface area contributed by atoms with Crippen molar-refractivity contribution in [3.63, 3.8) is 0 Å². The van der Waals surface area contributed by atoms with Gasteiger partial charge in [0.1, 0.15) is 5.82 Å². The molecule has 2 saturated carbocycles. The third-order valence-corrected chi connectivity index (χ3v) is 6.02. The topological polar surface area (TPSA) is 41.1 Å². The van der Waals surface area contributed by atoms with Gasteiger partial charge in [0.25, 0.3) is 0 Å². The molecule has 0 aromatic heterocycles. The average Bonchev–Trinajstić information content (AvgIpc) is 3.44. The van der Waals surface area contributed by atoms with E-state index in [1.807, 2.05) is 12.1 Å². The zero-order valence-corrected chi connectivity index (χ0v) is 12.8. The summed E-state index contributed by atoms with van der Waals surface area (Å²) in [5.41, 5.74) is 1.50. The summed E-state index contributed by atoms with van der Waals surface area (Å²) in [5.74, 6) is 0.253. The number of amides is 1. The molecule has 0 radical (unpaired) electrons. The van der Waals surface area contributed by atoms with Crippen molar-refractivity contribution in [1.29, 1.82) is 0 Å². The maximum atomic E-state index is 13.1. The van der Waals surface area contributed by atoms with E-state index in [0.717, 1.165) is 50.8 Å². The Labute approximate surface area is 130 Å². The van der Waals surface area contributed by atoms with Crippen molar-refractivity contribution < 1.29 is 9.18 Å². The van der Waals surface area contributed by atoms with Gasteiger partial charge in [-0.15, -0.1) is 0 Å². The van der Waals surface area contributed by atoms with E-state index in [0.29, 0.717) is 12.0 Å². The molecule has 1 aromatic rings. The molecule has 1 amide bonds. The van der Waals surface area contributed by atoms with Crippen LogP contribution in [-0.2, 0) is 10.2 Å². The summed E-state index contributed by atoms with van der Waals surface area (Å²) in [5, 5.41) is 6.55. The smallest absolute Gasteiger partial charge is 0.223 e. The van der Waals surface area contributed by atoms with E-state index in [1.54, 1.807) is 0 Å². The van der Waals surface area contributed by atoms with Crippen LogP contribution in [0.3, 0.4) is 0 Å². The van der Waals surface area contributed by atoms with Gasteiger partial charge >= 0.3 is 0 Å². The second-order valence-corrected chi connectivity index (χ2v) is 7.37. The highest BCUT2D eigenvalue weighted by molar-refractivity contribution is 5.82. The second kappa shape index (κ2) is 5.05. The molecule has 118 valence electrons. The van der Waals surface area contributed by atoms with Crippen LogP contribution < -0.4 is 10.6 Å².